The Hall–Kier alpha value is -3.12. The molecule has 0 aliphatic rings. The maximum Gasteiger partial charge on any atom is 0.259 e. The van der Waals surface area contributed by atoms with Gasteiger partial charge in [-0.2, -0.15) is 5.10 Å². The van der Waals surface area contributed by atoms with Crippen molar-refractivity contribution in [2.45, 2.75) is 20.0 Å². The van der Waals surface area contributed by atoms with E-state index in [0.717, 1.165) is 22.7 Å². The monoisotopic (exact) mass is 334 g/mol. The lowest BCUT2D eigenvalue weighted by Gasteiger charge is -2.01. The Labute approximate surface area is 144 Å². The van der Waals surface area contributed by atoms with Crippen LogP contribution in [-0.4, -0.2) is 14.8 Å². The topological polar surface area (TPSA) is 75.8 Å². The standard InChI is InChI=1S/C19H18N4O2/c1-13-14(12-23(22-13)15-5-3-2-4-6-15)10-20-11-16-9-17-18(25-16)7-8-21-19(17)24/h2-9,12,20H,10-11H2,1H3,(H,21,24). The number of nitrogens with zero attached hydrogens (tertiary/aromatic N) is 2. The number of H-pyrrole nitrogens is 1. The van der Waals surface area contributed by atoms with Crippen LogP contribution in [0.15, 0.2) is 64.1 Å². The van der Waals surface area contributed by atoms with Crippen molar-refractivity contribution in [1.29, 1.82) is 0 Å². The van der Waals surface area contributed by atoms with Crippen LogP contribution in [0.25, 0.3) is 16.7 Å². The van der Waals surface area contributed by atoms with Gasteiger partial charge in [0.15, 0.2) is 0 Å². The second kappa shape index (κ2) is 6.41. The summed E-state index contributed by atoms with van der Waals surface area (Å²) in [5.74, 6) is 0.736. The number of para-hydroxylation sites is 1. The highest BCUT2D eigenvalue weighted by Crippen LogP contribution is 2.15. The Morgan fingerprint density at radius 1 is 1.20 bits per heavy atom. The zero-order valence-corrected chi connectivity index (χ0v) is 13.8. The van der Waals surface area contributed by atoms with Crippen molar-refractivity contribution < 1.29 is 4.42 Å². The summed E-state index contributed by atoms with van der Waals surface area (Å²) in [5.41, 5.74) is 3.62. The summed E-state index contributed by atoms with van der Waals surface area (Å²) in [6.07, 6.45) is 3.62. The van der Waals surface area contributed by atoms with Crippen LogP contribution >= 0.6 is 0 Å². The van der Waals surface area contributed by atoms with Gasteiger partial charge < -0.3 is 14.7 Å². The van der Waals surface area contributed by atoms with Crippen molar-refractivity contribution in [1.82, 2.24) is 20.1 Å². The summed E-state index contributed by atoms with van der Waals surface area (Å²) in [7, 11) is 0. The Morgan fingerprint density at radius 3 is 2.84 bits per heavy atom. The first kappa shape index (κ1) is 15.4. The fourth-order valence-electron chi connectivity index (χ4n) is 2.82. The third-order valence-electron chi connectivity index (χ3n) is 4.14. The number of aromatic amines is 1. The number of pyridine rings is 1. The molecule has 0 aliphatic heterocycles. The minimum absolute atomic E-state index is 0.132. The smallest absolute Gasteiger partial charge is 0.259 e. The molecule has 6 nitrogen and oxygen atoms in total. The van der Waals surface area contributed by atoms with E-state index in [1.165, 1.54) is 0 Å². The molecule has 0 amide bonds. The average Bonchev–Trinajstić information content (AvgIpc) is 3.20. The Kier molecular flexibility index (Phi) is 3.95. The number of aryl methyl sites for hydroxylation is 1. The van der Waals surface area contributed by atoms with E-state index in [-0.39, 0.29) is 5.56 Å². The molecule has 0 radical (unpaired) electrons. The van der Waals surface area contributed by atoms with Gasteiger partial charge in [0.05, 0.1) is 23.3 Å². The van der Waals surface area contributed by atoms with E-state index in [0.29, 0.717) is 24.1 Å². The summed E-state index contributed by atoms with van der Waals surface area (Å²) in [5, 5.41) is 8.48. The average molecular weight is 334 g/mol. The first-order chi connectivity index (χ1) is 12.2. The van der Waals surface area contributed by atoms with E-state index in [1.807, 2.05) is 48.1 Å². The highest BCUT2D eigenvalue weighted by molar-refractivity contribution is 5.76. The molecule has 6 heteroatoms. The number of furan rings is 1. The van der Waals surface area contributed by atoms with Crippen LogP contribution in [0.3, 0.4) is 0 Å². The summed E-state index contributed by atoms with van der Waals surface area (Å²) in [6, 6.07) is 13.6. The van der Waals surface area contributed by atoms with Crippen molar-refractivity contribution in [2.75, 3.05) is 0 Å². The minimum atomic E-state index is -0.132. The largest absolute Gasteiger partial charge is 0.459 e. The Morgan fingerprint density at radius 2 is 2.04 bits per heavy atom. The molecule has 25 heavy (non-hydrogen) atoms. The molecule has 3 heterocycles. The number of fused-ring (bicyclic) bond motifs is 1. The van der Waals surface area contributed by atoms with Gasteiger partial charge in [-0.05, 0) is 31.2 Å². The third kappa shape index (κ3) is 3.12. The van der Waals surface area contributed by atoms with Crippen LogP contribution in [0.2, 0.25) is 0 Å². The lowest BCUT2D eigenvalue weighted by molar-refractivity contribution is 0.513. The van der Waals surface area contributed by atoms with E-state index in [2.05, 4.69) is 15.4 Å². The number of benzene rings is 1. The van der Waals surface area contributed by atoms with Gasteiger partial charge in [-0.1, -0.05) is 18.2 Å². The van der Waals surface area contributed by atoms with Gasteiger partial charge in [0.1, 0.15) is 11.3 Å². The van der Waals surface area contributed by atoms with Gasteiger partial charge in [0, 0.05) is 24.5 Å². The molecular formula is C19H18N4O2. The van der Waals surface area contributed by atoms with Crippen molar-refractivity contribution >= 4 is 11.0 Å². The molecule has 3 aromatic heterocycles. The molecule has 0 saturated carbocycles. The fourth-order valence-corrected chi connectivity index (χ4v) is 2.82. The molecule has 126 valence electrons. The number of nitrogens with one attached hydrogen (secondary N) is 2. The molecule has 0 spiro atoms. The Balaban J connectivity index is 1.45. The van der Waals surface area contributed by atoms with Gasteiger partial charge in [-0.15, -0.1) is 0 Å². The predicted octanol–water partition coefficient (Wildman–Crippen LogP) is 2.91. The quantitative estimate of drug-likeness (QED) is 0.588. The molecule has 0 unspecified atom stereocenters. The highest BCUT2D eigenvalue weighted by Gasteiger charge is 2.08. The zero-order chi connectivity index (χ0) is 17.2. The number of hydrogen-bond acceptors (Lipinski definition) is 4. The molecule has 0 bridgehead atoms. The molecule has 4 aromatic rings. The minimum Gasteiger partial charge on any atom is -0.459 e. The van der Waals surface area contributed by atoms with Gasteiger partial charge in [0.25, 0.3) is 5.56 Å². The normalized spacial score (nSPS) is 11.2. The number of aromatic nitrogens is 3. The number of hydrogen-bond donors (Lipinski definition) is 2. The fraction of sp³-hybridized carbons (Fsp3) is 0.158. The molecule has 4 rings (SSSR count). The van der Waals surface area contributed by atoms with E-state index in [1.54, 1.807) is 18.3 Å². The highest BCUT2D eigenvalue weighted by atomic mass is 16.3. The summed E-state index contributed by atoms with van der Waals surface area (Å²) >= 11 is 0. The van der Waals surface area contributed by atoms with Gasteiger partial charge >= 0.3 is 0 Å². The zero-order valence-electron chi connectivity index (χ0n) is 13.8. The van der Waals surface area contributed by atoms with E-state index in [4.69, 9.17) is 4.42 Å². The molecule has 0 atom stereocenters. The maximum atomic E-state index is 11.7. The van der Waals surface area contributed by atoms with E-state index < -0.39 is 0 Å². The summed E-state index contributed by atoms with van der Waals surface area (Å²) in [4.78, 5) is 14.4. The van der Waals surface area contributed by atoms with Gasteiger partial charge in [0.2, 0.25) is 0 Å². The lowest BCUT2D eigenvalue weighted by Crippen LogP contribution is -2.12. The molecule has 1 aromatic carbocycles. The van der Waals surface area contributed by atoms with Gasteiger partial charge in [-0.25, -0.2) is 4.68 Å². The SMILES string of the molecule is Cc1nn(-c2ccccc2)cc1CNCc1cc2c(=O)[nH]ccc2o1. The third-order valence-corrected chi connectivity index (χ3v) is 4.14. The predicted molar refractivity (Wildman–Crippen MR) is 95.7 cm³/mol. The molecule has 0 saturated heterocycles. The van der Waals surface area contributed by atoms with E-state index >= 15 is 0 Å². The number of rotatable bonds is 5. The summed E-state index contributed by atoms with van der Waals surface area (Å²) in [6.45, 7) is 3.22. The van der Waals surface area contributed by atoms with E-state index in [9.17, 15) is 4.79 Å². The first-order valence-corrected chi connectivity index (χ1v) is 8.12. The summed E-state index contributed by atoms with van der Waals surface area (Å²) < 4.78 is 7.57. The van der Waals surface area contributed by atoms with Crippen LogP contribution in [0, 0.1) is 6.92 Å². The lowest BCUT2D eigenvalue weighted by atomic mass is 10.2. The maximum absolute atomic E-state index is 11.7. The van der Waals surface area contributed by atoms with Crippen LogP contribution in [0.4, 0.5) is 0 Å². The Bertz CT molecular complexity index is 1060. The van der Waals surface area contributed by atoms with Gasteiger partial charge in [-0.3, -0.25) is 4.79 Å². The van der Waals surface area contributed by atoms with Crippen LogP contribution in [0.1, 0.15) is 17.0 Å². The van der Waals surface area contributed by atoms with Crippen LogP contribution in [-0.2, 0) is 13.1 Å². The molecular weight excluding hydrogens is 316 g/mol. The van der Waals surface area contributed by atoms with Crippen molar-refractivity contribution in [2.24, 2.45) is 0 Å². The first-order valence-electron chi connectivity index (χ1n) is 8.12. The second-order valence-corrected chi connectivity index (χ2v) is 5.92. The van der Waals surface area contributed by atoms with Crippen molar-refractivity contribution in [3.63, 3.8) is 0 Å². The second-order valence-electron chi connectivity index (χ2n) is 5.92. The van der Waals surface area contributed by atoms with Crippen LogP contribution < -0.4 is 10.9 Å². The van der Waals surface area contributed by atoms with Crippen LogP contribution in [0.5, 0.6) is 0 Å². The van der Waals surface area contributed by atoms with Crippen molar-refractivity contribution in [3.8, 4) is 5.69 Å². The van der Waals surface area contributed by atoms with Crippen molar-refractivity contribution in [3.05, 3.63) is 82.2 Å². The molecule has 2 N–H and O–H groups in total. The molecule has 0 fully saturated rings. The molecule has 0 aliphatic carbocycles.